The van der Waals surface area contributed by atoms with E-state index in [0.717, 1.165) is 12.8 Å². The number of carbonyl (C=O) groups is 1. The Balaban J connectivity index is 1.65. The highest BCUT2D eigenvalue weighted by molar-refractivity contribution is 5.91. The summed E-state index contributed by atoms with van der Waals surface area (Å²) in [6.45, 7) is 0.861. The van der Waals surface area contributed by atoms with Gasteiger partial charge in [-0.05, 0) is 18.9 Å². The molecule has 0 N–H and O–H groups in total. The molecule has 0 aliphatic carbocycles. The molecule has 1 aliphatic heterocycles. The van der Waals surface area contributed by atoms with E-state index in [-0.39, 0.29) is 17.9 Å². The van der Waals surface area contributed by atoms with E-state index in [1.807, 2.05) is 0 Å². The number of methoxy groups -OCH3 is 1. The molecule has 0 aromatic carbocycles. The van der Waals surface area contributed by atoms with Gasteiger partial charge in [-0.1, -0.05) is 0 Å². The Labute approximate surface area is 142 Å². The van der Waals surface area contributed by atoms with E-state index < -0.39 is 16.7 Å². The molecule has 3 rings (SSSR count). The van der Waals surface area contributed by atoms with Crippen LogP contribution in [-0.2, 0) is 0 Å². The van der Waals surface area contributed by atoms with Crippen LogP contribution in [0.4, 0.5) is 5.88 Å². The average molecular weight is 348 g/mol. The fourth-order valence-electron chi connectivity index (χ4n) is 2.58. The maximum Gasteiger partial charge on any atom is 0.433 e. The molecule has 132 valence electrons. The van der Waals surface area contributed by atoms with Crippen LogP contribution in [0.25, 0.3) is 0 Å². The molecule has 1 saturated heterocycles. The summed E-state index contributed by atoms with van der Waals surface area (Å²) >= 11 is 0. The first kappa shape index (κ1) is 16.7. The zero-order valence-corrected chi connectivity index (χ0v) is 13.5. The largest absolute Gasteiger partial charge is 0.472 e. The average Bonchev–Trinajstić information content (AvgIpc) is 3.12. The summed E-state index contributed by atoms with van der Waals surface area (Å²) in [6.07, 6.45) is 2.77. The van der Waals surface area contributed by atoms with Gasteiger partial charge >= 0.3 is 11.9 Å². The maximum atomic E-state index is 12.4. The second-order valence-electron chi connectivity index (χ2n) is 5.41. The standard InChI is InChI=1S/C15H16N4O6/c1-23-15-16-7-6-12(17-15)24-10-3-2-8-18(9-10)14(20)11-4-5-13(25-11)19(21)22/h4-7,10H,2-3,8-9H2,1H3. The topological polar surface area (TPSA) is 121 Å². The zero-order valence-electron chi connectivity index (χ0n) is 13.5. The number of nitrogens with zero attached hydrogens (tertiary/aromatic N) is 4. The molecular formula is C15H16N4O6. The molecule has 1 aliphatic rings. The molecule has 3 heterocycles. The van der Waals surface area contributed by atoms with Crippen LogP contribution in [0.3, 0.4) is 0 Å². The minimum absolute atomic E-state index is 0.0592. The number of furan rings is 1. The lowest BCUT2D eigenvalue weighted by Gasteiger charge is -2.32. The van der Waals surface area contributed by atoms with Crippen LogP contribution in [-0.4, -0.2) is 52.0 Å². The number of aromatic nitrogens is 2. The molecule has 1 atom stereocenters. The first-order chi connectivity index (χ1) is 12.1. The number of likely N-dealkylation sites (tertiary alicyclic amines) is 1. The normalized spacial score (nSPS) is 17.2. The fourth-order valence-corrected chi connectivity index (χ4v) is 2.58. The minimum Gasteiger partial charge on any atom is -0.472 e. The zero-order chi connectivity index (χ0) is 17.8. The summed E-state index contributed by atoms with van der Waals surface area (Å²) in [7, 11) is 1.46. The van der Waals surface area contributed by atoms with Crippen molar-refractivity contribution >= 4 is 11.8 Å². The van der Waals surface area contributed by atoms with Crippen LogP contribution in [0.15, 0.2) is 28.8 Å². The summed E-state index contributed by atoms with van der Waals surface area (Å²) in [5.41, 5.74) is 0. The van der Waals surface area contributed by atoms with E-state index in [1.165, 1.54) is 25.4 Å². The molecule has 1 unspecified atom stereocenters. The third kappa shape index (κ3) is 3.84. The van der Waals surface area contributed by atoms with Crippen molar-refractivity contribution in [3.63, 3.8) is 0 Å². The van der Waals surface area contributed by atoms with E-state index in [0.29, 0.717) is 19.0 Å². The van der Waals surface area contributed by atoms with Gasteiger partial charge < -0.3 is 18.8 Å². The van der Waals surface area contributed by atoms with Gasteiger partial charge in [-0.15, -0.1) is 0 Å². The van der Waals surface area contributed by atoms with E-state index in [4.69, 9.17) is 13.9 Å². The Morgan fingerprint density at radius 3 is 3.00 bits per heavy atom. The molecule has 2 aromatic heterocycles. The highest BCUT2D eigenvalue weighted by Gasteiger charge is 2.28. The summed E-state index contributed by atoms with van der Waals surface area (Å²) in [6, 6.07) is 4.28. The van der Waals surface area contributed by atoms with Gasteiger partial charge in [0.25, 0.3) is 5.91 Å². The van der Waals surface area contributed by atoms with Crippen LogP contribution < -0.4 is 9.47 Å². The van der Waals surface area contributed by atoms with E-state index in [1.54, 1.807) is 11.0 Å². The van der Waals surface area contributed by atoms with Gasteiger partial charge in [-0.25, -0.2) is 4.98 Å². The van der Waals surface area contributed by atoms with Crippen LogP contribution >= 0.6 is 0 Å². The summed E-state index contributed by atoms with van der Waals surface area (Å²) in [5, 5.41) is 10.7. The lowest BCUT2D eigenvalue weighted by Crippen LogP contribution is -2.44. The van der Waals surface area contributed by atoms with Crippen molar-refractivity contribution in [2.45, 2.75) is 18.9 Å². The molecule has 25 heavy (non-hydrogen) atoms. The Morgan fingerprint density at radius 1 is 1.44 bits per heavy atom. The highest BCUT2D eigenvalue weighted by atomic mass is 16.6. The van der Waals surface area contributed by atoms with Crippen molar-refractivity contribution in [3.8, 4) is 11.9 Å². The number of rotatable bonds is 5. The Kier molecular flexibility index (Phi) is 4.78. The van der Waals surface area contributed by atoms with Gasteiger partial charge in [0.1, 0.15) is 11.0 Å². The third-order valence-electron chi connectivity index (χ3n) is 3.73. The van der Waals surface area contributed by atoms with Crippen molar-refractivity contribution in [1.82, 2.24) is 14.9 Å². The van der Waals surface area contributed by atoms with E-state index in [9.17, 15) is 14.9 Å². The maximum absolute atomic E-state index is 12.4. The quantitative estimate of drug-likeness (QED) is 0.591. The fraction of sp³-hybridized carbons (Fsp3) is 0.400. The van der Waals surface area contributed by atoms with Gasteiger partial charge in [-0.2, -0.15) is 4.98 Å². The second-order valence-corrected chi connectivity index (χ2v) is 5.41. The molecule has 10 heteroatoms. The third-order valence-corrected chi connectivity index (χ3v) is 3.73. The van der Waals surface area contributed by atoms with Crippen molar-refractivity contribution in [2.75, 3.05) is 20.2 Å². The molecule has 10 nitrogen and oxygen atoms in total. The predicted molar refractivity (Wildman–Crippen MR) is 83.5 cm³/mol. The number of amides is 1. The Hall–Kier alpha value is -3.17. The van der Waals surface area contributed by atoms with Gasteiger partial charge in [0.15, 0.2) is 5.76 Å². The number of hydrogen-bond donors (Lipinski definition) is 0. The van der Waals surface area contributed by atoms with Crippen LogP contribution in [0.5, 0.6) is 11.9 Å². The number of hydrogen-bond acceptors (Lipinski definition) is 8. The van der Waals surface area contributed by atoms with Crippen LogP contribution in [0.1, 0.15) is 23.4 Å². The van der Waals surface area contributed by atoms with Crippen LogP contribution in [0, 0.1) is 10.1 Å². The van der Waals surface area contributed by atoms with E-state index >= 15 is 0 Å². The van der Waals surface area contributed by atoms with Gasteiger partial charge in [0.05, 0.1) is 19.7 Å². The second kappa shape index (κ2) is 7.16. The summed E-state index contributed by atoms with van der Waals surface area (Å²) in [4.78, 5) is 32.0. The Morgan fingerprint density at radius 2 is 2.28 bits per heavy atom. The molecule has 0 bridgehead atoms. The summed E-state index contributed by atoms with van der Waals surface area (Å²) in [5.74, 6) is -0.557. The monoisotopic (exact) mass is 348 g/mol. The number of piperidine rings is 1. The molecule has 0 radical (unpaired) electrons. The molecule has 0 spiro atoms. The summed E-state index contributed by atoms with van der Waals surface area (Å²) < 4.78 is 15.7. The van der Waals surface area contributed by atoms with Gasteiger partial charge in [0, 0.05) is 18.8 Å². The van der Waals surface area contributed by atoms with Crippen molar-refractivity contribution < 1.29 is 23.6 Å². The molecule has 1 amide bonds. The smallest absolute Gasteiger partial charge is 0.433 e. The van der Waals surface area contributed by atoms with E-state index in [2.05, 4.69) is 9.97 Å². The van der Waals surface area contributed by atoms with Crippen molar-refractivity contribution in [2.24, 2.45) is 0 Å². The van der Waals surface area contributed by atoms with Crippen molar-refractivity contribution in [3.05, 3.63) is 40.3 Å². The number of nitro groups is 1. The lowest BCUT2D eigenvalue weighted by molar-refractivity contribution is -0.402. The highest BCUT2D eigenvalue weighted by Crippen LogP contribution is 2.22. The molecular weight excluding hydrogens is 332 g/mol. The lowest BCUT2D eigenvalue weighted by atomic mass is 10.1. The SMILES string of the molecule is COc1nccc(OC2CCCN(C(=O)c3ccc([N+](=O)[O-])o3)C2)n1. The van der Waals surface area contributed by atoms with Crippen molar-refractivity contribution in [1.29, 1.82) is 0 Å². The Bertz CT molecular complexity index is 777. The van der Waals surface area contributed by atoms with Gasteiger partial charge in [0.2, 0.25) is 5.88 Å². The molecule has 1 fully saturated rings. The first-order valence-corrected chi connectivity index (χ1v) is 7.64. The first-order valence-electron chi connectivity index (χ1n) is 7.64. The predicted octanol–water partition coefficient (Wildman–Crippen LogP) is 1.67. The number of carbonyl (C=O) groups excluding carboxylic acids is 1. The van der Waals surface area contributed by atoms with Gasteiger partial charge in [-0.3, -0.25) is 14.9 Å². The molecule has 0 saturated carbocycles. The van der Waals surface area contributed by atoms with Crippen LogP contribution in [0.2, 0.25) is 0 Å². The molecule has 2 aromatic rings. The minimum atomic E-state index is -0.679. The number of ether oxygens (including phenoxy) is 2.